The smallest absolute Gasteiger partial charge is 0.316 e. The number of amides is 2. The van der Waals surface area contributed by atoms with Gasteiger partial charge in [0.15, 0.2) is 0 Å². The second-order valence-electron chi connectivity index (χ2n) is 3.93. The molecule has 0 radical (unpaired) electrons. The Labute approximate surface area is 93.0 Å². The average Bonchev–Trinajstić information content (AvgIpc) is 2.28. The molecule has 0 bridgehead atoms. The van der Waals surface area contributed by atoms with Crippen molar-refractivity contribution < 1.29 is 4.79 Å². The number of carbonyl (C=O) groups is 1. The number of benzene rings is 1. The highest BCUT2D eigenvalue weighted by Crippen LogP contribution is 2.29. The van der Waals surface area contributed by atoms with Crippen molar-refractivity contribution in [3.05, 3.63) is 34.2 Å². The fourth-order valence-corrected chi connectivity index (χ4v) is 2.11. The molecule has 0 fully saturated rings. The lowest BCUT2D eigenvalue weighted by atomic mass is 9.87. The lowest BCUT2D eigenvalue weighted by Gasteiger charge is -2.22. The van der Waals surface area contributed by atoms with Gasteiger partial charge >= 0.3 is 6.03 Å². The number of hydrogen-bond donors (Lipinski definition) is 2. The molecule has 0 aromatic heterocycles. The standard InChI is InChI=1S/C11H13N3O2/c12-11(15)13-10-3-1-2-7-4-5-8(14-16)6-9(7)10/h1-3,8H,4-6H2,(H3,12,13,15). The zero-order chi connectivity index (χ0) is 11.5. The highest BCUT2D eigenvalue weighted by Gasteiger charge is 2.21. The maximum atomic E-state index is 10.8. The molecule has 0 spiro atoms. The summed E-state index contributed by atoms with van der Waals surface area (Å²) in [4.78, 5) is 21.4. The Balaban J connectivity index is 2.33. The molecule has 2 amide bonds. The first-order valence-electron chi connectivity index (χ1n) is 5.20. The van der Waals surface area contributed by atoms with E-state index in [9.17, 15) is 9.70 Å². The number of rotatable bonds is 2. The predicted molar refractivity (Wildman–Crippen MR) is 61.3 cm³/mol. The van der Waals surface area contributed by atoms with Crippen LogP contribution in [0.25, 0.3) is 0 Å². The molecule has 0 heterocycles. The minimum absolute atomic E-state index is 0.191. The largest absolute Gasteiger partial charge is 0.351 e. The van der Waals surface area contributed by atoms with Crippen molar-refractivity contribution >= 4 is 11.7 Å². The summed E-state index contributed by atoms with van der Waals surface area (Å²) >= 11 is 0. The van der Waals surface area contributed by atoms with Gasteiger partial charge in [0.2, 0.25) is 0 Å². The Bertz CT molecular complexity index is 431. The van der Waals surface area contributed by atoms with Gasteiger partial charge in [-0.2, -0.15) is 4.91 Å². The second-order valence-corrected chi connectivity index (χ2v) is 3.93. The highest BCUT2D eigenvalue weighted by atomic mass is 16.3. The summed E-state index contributed by atoms with van der Waals surface area (Å²) in [6.45, 7) is 0. The predicted octanol–water partition coefficient (Wildman–Crippen LogP) is 1.80. The van der Waals surface area contributed by atoms with Crippen LogP contribution >= 0.6 is 0 Å². The normalized spacial score (nSPS) is 18.6. The first-order valence-corrected chi connectivity index (χ1v) is 5.20. The Morgan fingerprint density at radius 2 is 2.31 bits per heavy atom. The molecule has 1 unspecified atom stereocenters. The maximum Gasteiger partial charge on any atom is 0.316 e. The van der Waals surface area contributed by atoms with Gasteiger partial charge < -0.3 is 11.1 Å². The highest BCUT2D eigenvalue weighted by molar-refractivity contribution is 5.89. The molecule has 84 valence electrons. The Kier molecular flexibility index (Phi) is 2.85. The summed E-state index contributed by atoms with van der Waals surface area (Å²) in [7, 11) is 0. The third-order valence-electron chi connectivity index (χ3n) is 2.87. The monoisotopic (exact) mass is 219 g/mol. The number of carbonyl (C=O) groups excluding carboxylic acids is 1. The molecule has 2 rings (SSSR count). The average molecular weight is 219 g/mol. The van der Waals surface area contributed by atoms with Gasteiger partial charge in [-0.05, 0) is 30.0 Å². The molecule has 1 aliphatic rings. The number of aryl methyl sites for hydroxylation is 1. The fourth-order valence-electron chi connectivity index (χ4n) is 2.11. The summed E-state index contributed by atoms with van der Waals surface area (Å²) in [6, 6.07) is 4.89. The van der Waals surface area contributed by atoms with Crippen molar-refractivity contribution in [3.8, 4) is 0 Å². The van der Waals surface area contributed by atoms with Gasteiger partial charge in [0.05, 0.1) is 6.04 Å². The molecule has 0 saturated carbocycles. The molecule has 1 atom stereocenters. The molecule has 16 heavy (non-hydrogen) atoms. The van der Waals surface area contributed by atoms with E-state index in [1.807, 2.05) is 12.1 Å². The van der Waals surface area contributed by atoms with Crippen LogP contribution in [-0.4, -0.2) is 12.1 Å². The van der Waals surface area contributed by atoms with Crippen LogP contribution in [0.2, 0.25) is 0 Å². The third-order valence-corrected chi connectivity index (χ3v) is 2.87. The summed E-state index contributed by atoms with van der Waals surface area (Å²) in [6.07, 6.45) is 2.17. The second kappa shape index (κ2) is 4.30. The molecule has 0 aliphatic heterocycles. The summed E-state index contributed by atoms with van der Waals surface area (Å²) in [5.41, 5.74) is 7.92. The van der Waals surface area contributed by atoms with Gasteiger partial charge in [-0.25, -0.2) is 4.79 Å². The summed E-state index contributed by atoms with van der Waals surface area (Å²) < 4.78 is 0. The van der Waals surface area contributed by atoms with E-state index < -0.39 is 6.03 Å². The molecule has 3 N–H and O–H groups in total. The summed E-state index contributed by atoms with van der Waals surface area (Å²) in [5.74, 6) is 0. The first kappa shape index (κ1) is 10.6. The SMILES string of the molecule is NC(=O)Nc1cccc2c1CC(N=O)CC2. The lowest BCUT2D eigenvalue weighted by molar-refractivity contribution is 0.259. The number of hydrogen-bond acceptors (Lipinski definition) is 3. The maximum absolute atomic E-state index is 10.8. The Morgan fingerprint density at radius 1 is 1.50 bits per heavy atom. The molecular formula is C11H13N3O2. The van der Waals surface area contributed by atoms with E-state index in [1.165, 1.54) is 0 Å². The molecule has 5 nitrogen and oxygen atoms in total. The fraction of sp³-hybridized carbons (Fsp3) is 0.364. The van der Waals surface area contributed by atoms with Crippen LogP contribution in [0.4, 0.5) is 10.5 Å². The van der Waals surface area contributed by atoms with E-state index in [1.54, 1.807) is 6.07 Å². The number of nitrogens with one attached hydrogen (secondary N) is 1. The van der Waals surface area contributed by atoms with Crippen LogP contribution in [0.1, 0.15) is 17.5 Å². The zero-order valence-electron chi connectivity index (χ0n) is 8.77. The first-order chi connectivity index (χ1) is 7.70. The van der Waals surface area contributed by atoms with E-state index in [0.717, 1.165) is 24.0 Å². The zero-order valence-corrected chi connectivity index (χ0v) is 8.77. The van der Waals surface area contributed by atoms with E-state index in [2.05, 4.69) is 10.5 Å². The molecule has 5 heteroatoms. The van der Waals surface area contributed by atoms with Gasteiger partial charge in [-0.15, -0.1) is 0 Å². The van der Waals surface area contributed by atoms with Crippen LogP contribution in [0.3, 0.4) is 0 Å². The molecule has 1 aliphatic carbocycles. The number of urea groups is 1. The number of nitroso groups, excluding NO2 is 1. The van der Waals surface area contributed by atoms with Crippen LogP contribution in [-0.2, 0) is 12.8 Å². The third kappa shape index (κ3) is 2.03. The van der Waals surface area contributed by atoms with E-state index in [0.29, 0.717) is 12.1 Å². The van der Waals surface area contributed by atoms with Crippen molar-refractivity contribution in [2.24, 2.45) is 10.9 Å². The van der Waals surface area contributed by atoms with Crippen molar-refractivity contribution in [1.82, 2.24) is 0 Å². The minimum atomic E-state index is -0.588. The van der Waals surface area contributed by atoms with Gasteiger partial charge in [0, 0.05) is 12.1 Å². The van der Waals surface area contributed by atoms with Gasteiger partial charge in [-0.3, -0.25) is 0 Å². The van der Waals surface area contributed by atoms with E-state index >= 15 is 0 Å². The Morgan fingerprint density at radius 3 is 3.00 bits per heavy atom. The van der Waals surface area contributed by atoms with Crippen LogP contribution in [0, 0.1) is 4.91 Å². The molecule has 0 saturated heterocycles. The van der Waals surface area contributed by atoms with Crippen LogP contribution in [0.15, 0.2) is 23.4 Å². The topological polar surface area (TPSA) is 84.6 Å². The van der Waals surface area contributed by atoms with Crippen molar-refractivity contribution in [2.45, 2.75) is 25.3 Å². The number of primary amides is 1. The molecule has 1 aromatic carbocycles. The van der Waals surface area contributed by atoms with Crippen molar-refractivity contribution in [2.75, 3.05) is 5.32 Å². The van der Waals surface area contributed by atoms with E-state index in [4.69, 9.17) is 5.73 Å². The van der Waals surface area contributed by atoms with Crippen molar-refractivity contribution in [3.63, 3.8) is 0 Å². The van der Waals surface area contributed by atoms with Crippen LogP contribution < -0.4 is 11.1 Å². The molecular weight excluding hydrogens is 206 g/mol. The van der Waals surface area contributed by atoms with Gasteiger partial charge in [0.25, 0.3) is 0 Å². The number of anilines is 1. The van der Waals surface area contributed by atoms with E-state index in [-0.39, 0.29) is 6.04 Å². The van der Waals surface area contributed by atoms with Gasteiger partial charge in [0.1, 0.15) is 0 Å². The lowest BCUT2D eigenvalue weighted by Crippen LogP contribution is -2.23. The number of nitrogens with two attached hydrogens (primary N) is 1. The quantitative estimate of drug-likeness (QED) is 0.743. The van der Waals surface area contributed by atoms with Crippen molar-refractivity contribution in [1.29, 1.82) is 0 Å². The van der Waals surface area contributed by atoms with Gasteiger partial charge in [-0.1, -0.05) is 17.3 Å². The minimum Gasteiger partial charge on any atom is -0.351 e. The molecule has 1 aromatic rings. The summed E-state index contributed by atoms with van der Waals surface area (Å²) in [5, 5.41) is 5.65. The Hall–Kier alpha value is -1.91. The number of fused-ring (bicyclic) bond motifs is 1. The van der Waals surface area contributed by atoms with Crippen LogP contribution in [0.5, 0.6) is 0 Å². The number of nitrogens with zero attached hydrogens (tertiary/aromatic N) is 1.